The summed E-state index contributed by atoms with van der Waals surface area (Å²) in [6.45, 7) is 0. The van der Waals surface area contributed by atoms with Gasteiger partial charge in [0, 0.05) is 17.8 Å². The molecule has 1 heterocycles. The van der Waals surface area contributed by atoms with Crippen LogP contribution >= 0.6 is 0 Å². The number of nitrogens with zero attached hydrogens (tertiary/aromatic N) is 1. The molecular weight excluding hydrogens is 320 g/mol. The zero-order valence-electron chi connectivity index (χ0n) is 11.8. The van der Waals surface area contributed by atoms with Crippen LogP contribution in [0.15, 0.2) is 76.7 Å². The van der Waals surface area contributed by atoms with Gasteiger partial charge in [0.25, 0.3) is 0 Å². The average Bonchev–Trinajstić information content (AvgIpc) is 2.55. The number of halogens is 2. The fourth-order valence-corrected chi connectivity index (χ4v) is 3.47. The highest BCUT2D eigenvalue weighted by Crippen LogP contribution is 2.26. The second kappa shape index (κ2) is 5.89. The second-order valence-electron chi connectivity index (χ2n) is 4.82. The summed E-state index contributed by atoms with van der Waals surface area (Å²) < 4.78 is 51.6. The molecule has 0 saturated heterocycles. The molecule has 0 unspecified atom stereocenters. The third-order valence-corrected chi connectivity index (χ3v) is 5.11. The lowest BCUT2D eigenvalue weighted by atomic mass is 10.1. The Morgan fingerprint density at radius 1 is 0.870 bits per heavy atom. The topological polar surface area (TPSA) is 47.0 Å². The zero-order valence-corrected chi connectivity index (χ0v) is 12.6. The summed E-state index contributed by atoms with van der Waals surface area (Å²) >= 11 is 0. The van der Waals surface area contributed by atoms with Crippen LogP contribution in [-0.4, -0.2) is 13.4 Å². The van der Waals surface area contributed by atoms with E-state index in [4.69, 9.17) is 0 Å². The molecule has 0 N–H and O–H groups in total. The van der Waals surface area contributed by atoms with Gasteiger partial charge in [0.05, 0.1) is 10.6 Å². The predicted molar refractivity (Wildman–Crippen MR) is 81.5 cm³/mol. The first-order valence-corrected chi connectivity index (χ1v) is 8.18. The van der Waals surface area contributed by atoms with E-state index in [1.807, 2.05) is 6.07 Å². The maximum atomic E-state index is 13.7. The average molecular weight is 331 g/mol. The molecule has 0 amide bonds. The SMILES string of the molecule is O=S(=O)(c1ccc(-c2ccccn2)cc1)c1ccc(F)cc1F. The Kier molecular flexibility index (Phi) is 3.92. The Morgan fingerprint density at radius 2 is 1.61 bits per heavy atom. The van der Waals surface area contributed by atoms with Crippen molar-refractivity contribution in [3.05, 3.63) is 78.5 Å². The van der Waals surface area contributed by atoms with Gasteiger partial charge in [-0.3, -0.25) is 4.98 Å². The van der Waals surface area contributed by atoms with Gasteiger partial charge in [-0.1, -0.05) is 18.2 Å². The Balaban J connectivity index is 2.01. The lowest BCUT2D eigenvalue weighted by Crippen LogP contribution is -2.05. The zero-order chi connectivity index (χ0) is 16.4. The highest BCUT2D eigenvalue weighted by molar-refractivity contribution is 7.91. The molecule has 0 atom stereocenters. The van der Waals surface area contributed by atoms with Crippen molar-refractivity contribution in [1.82, 2.24) is 4.98 Å². The fraction of sp³-hybridized carbons (Fsp3) is 0. The van der Waals surface area contributed by atoms with E-state index in [1.165, 1.54) is 12.1 Å². The molecule has 3 rings (SSSR count). The fourth-order valence-electron chi connectivity index (χ4n) is 2.16. The number of sulfone groups is 1. The first-order chi connectivity index (χ1) is 11.0. The van der Waals surface area contributed by atoms with Crippen LogP contribution in [0.25, 0.3) is 11.3 Å². The molecule has 0 bridgehead atoms. The maximum absolute atomic E-state index is 13.7. The van der Waals surface area contributed by atoms with E-state index >= 15 is 0 Å². The van der Waals surface area contributed by atoms with Gasteiger partial charge in [0.2, 0.25) is 9.84 Å². The molecule has 0 fully saturated rings. The molecular formula is C17H11F2NO2S. The number of rotatable bonds is 3. The highest BCUT2D eigenvalue weighted by atomic mass is 32.2. The van der Waals surface area contributed by atoms with E-state index in [9.17, 15) is 17.2 Å². The van der Waals surface area contributed by atoms with E-state index in [1.54, 1.807) is 30.5 Å². The van der Waals surface area contributed by atoms with Crippen molar-refractivity contribution in [2.75, 3.05) is 0 Å². The Bertz CT molecular complexity index is 940. The smallest absolute Gasteiger partial charge is 0.209 e. The Hall–Kier alpha value is -2.60. The van der Waals surface area contributed by atoms with Crippen molar-refractivity contribution < 1.29 is 17.2 Å². The van der Waals surface area contributed by atoms with Crippen LogP contribution in [0.5, 0.6) is 0 Å². The van der Waals surface area contributed by atoms with E-state index < -0.39 is 26.4 Å². The minimum Gasteiger partial charge on any atom is -0.256 e. The summed E-state index contributed by atoms with van der Waals surface area (Å²) in [5.74, 6) is -1.94. The van der Waals surface area contributed by atoms with Gasteiger partial charge in [0.15, 0.2) is 0 Å². The standard InChI is InChI=1S/C17H11F2NO2S/c18-13-6-9-17(15(19)11-13)23(21,22)14-7-4-12(5-8-14)16-3-1-2-10-20-16/h1-11H. The summed E-state index contributed by atoms with van der Waals surface area (Å²) in [5, 5.41) is 0. The first-order valence-electron chi connectivity index (χ1n) is 6.70. The highest BCUT2D eigenvalue weighted by Gasteiger charge is 2.22. The summed E-state index contributed by atoms with van der Waals surface area (Å²) in [7, 11) is -4.05. The van der Waals surface area contributed by atoms with Gasteiger partial charge in [-0.15, -0.1) is 0 Å². The first kappa shape index (κ1) is 15.3. The summed E-state index contributed by atoms with van der Waals surface area (Å²) in [6, 6.07) is 13.7. The van der Waals surface area contributed by atoms with Crippen molar-refractivity contribution in [2.24, 2.45) is 0 Å². The second-order valence-corrected chi connectivity index (χ2v) is 6.74. The van der Waals surface area contributed by atoms with Crippen molar-refractivity contribution in [2.45, 2.75) is 9.79 Å². The maximum Gasteiger partial charge on any atom is 0.209 e. The number of aromatic nitrogens is 1. The molecule has 3 aromatic rings. The predicted octanol–water partition coefficient (Wildman–Crippen LogP) is 3.86. The molecule has 23 heavy (non-hydrogen) atoms. The minimum atomic E-state index is -4.05. The van der Waals surface area contributed by atoms with Gasteiger partial charge in [-0.05, 0) is 36.4 Å². The van der Waals surface area contributed by atoms with Crippen LogP contribution in [0.2, 0.25) is 0 Å². The van der Waals surface area contributed by atoms with Crippen LogP contribution in [0.1, 0.15) is 0 Å². The van der Waals surface area contributed by atoms with Crippen molar-refractivity contribution in [3.63, 3.8) is 0 Å². The van der Waals surface area contributed by atoms with Gasteiger partial charge in [0.1, 0.15) is 16.5 Å². The van der Waals surface area contributed by atoms with Crippen LogP contribution in [-0.2, 0) is 9.84 Å². The van der Waals surface area contributed by atoms with E-state index in [2.05, 4.69) is 4.98 Å². The van der Waals surface area contributed by atoms with Crippen LogP contribution < -0.4 is 0 Å². The van der Waals surface area contributed by atoms with Gasteiger partial charge in [-0.25, -0.2) is 17.2 Å². The molecule has 0 spiro atoms. The molecule has 116 valence electrons. The summed E-state index contributed by atoms with van der Waals surface area (Å²) in [4.78, 5) is 3.55. The van der Waals surface area contributed by atoms with Gasteiger partial charge >= 0.3 is 0 Å². The lowest BCUT2D eigenvalue weighted by Gasteiger charge is -2.07. The number of hydrogen-bond acceptors (Lipinski definition) is 3. The monoisotopic (exact) mass is 331 g/mol. The summed E-state index contributed by atoms with van der Waals surface area (Å²) in [6.07, 6.45) is 1.63. The van der Waals surface area contributed by atoms with Gasteiger partial charge in [-0.2, -0.15) is 0 Å². The Morgan fingerprint density at radius 3 is 2.22 bits per heavy atom. The third kappa shape index (κ3) is 2.98. The number of hydrogen-bond donors (Lipinski definition) is 0. The quantitative estimate of drug-likeness (QED) is 0.685. The van der Waals surface area contributed by atoms with Crippen LogP contribution in [0.3, 0.4) is 0 Å². The normalized spacial score (nSPS) is 11.4. The third-order valence-electron chi connectivity index (χ3n) is 3.31. The van der Waals surface area contributed by atoms with E-state index in [0.29, 0.717) is 11.8 Å². The Labute approximate surface area is 132 Å². The molecule has 0 aliphatic carbocycles. The van der Waals surface area contributed by atoms with Crippen molar-refractivity contribution in [1.29, 1.82) is 0 Å². The van der Waals surface area contributed by atoms with E-state index in [0.717, 1.165) is 17.7 Å². The van der Waals surface area contributed by atoms with Crippen molar-refractivity contribution >= 4 is 9.84 Å². The van der Waals surface area contributed by atoms with E-state index in [-0.39, 0.29) is 4.90 Å². The molecule has 1 aromatic heterocycles. The summed E-state index contributed by atoms with van der Waals surface area (Å²) in [5.41, 5.74) is 1.44. The molecule has 6 heteroatoms. The molecule has 0 aliphatic heterocycles. The number of benzene rings is 2. The number of pyridine rings is 1. The van der Waals surface area contributed by atoms with Crippen LogP contribution in [0.4, 0.5) is 8.78 Å². The largest absolute Gasteiger partial charge is 0.256 e. The molecule has 3 nitrogen and oxygen atoms in total. The van der Waals surface area contributed by atoms with Crippen molar-refractivity contribution in [3.8, 4) is 11.3 Å². The van der Waals surface area contributed by atoms with Crippen LogP contribution in [0, 0.1) is 11.6 Å². The lowest BCUT2D eigenvalue weighted by molar-refractivity contribution is 0.549. The molecule has 2 aromatic carbocycles. The molecule has 0 aliphatic rings. The minimum absolute atomic E-state index is 0.0670. The molecule has 0 saturated carbocycles. The molecule has 0 radical (unpaired) electrons. The van der Waals surface area contributed by atoms with Gasteiger partial charge < -0.3 is 0 Å².